The van der Waals surface area contributed by atoms with Crippen LogP contribution in [0.5, 0.6) is 0 Å². The van der Waals surface area contributed by atoms with Crippen LogP contribution in [-0.4, -0.2) is 52.9 Å². The van der Waals surface area contributed by atoms with E-state index in [9.17, 15) is 24.5 Å². The van der Waals surface area contributed by atoms with Crippen LogP contribution in [0.15, 0.2) is 29.4 Å². The first kappa shape index (κ1) is 16.1. The number of nitrogens with zero attached hydrogens (tertiary/aromatic N) is 4. The summed E-state index contributed by atoms with van der Waals surface area (Å²) in [6.45, 7) is 0. The van der Waals surface area contributed by atoms with Crippen molar-refractivity contribution in [1.29, 1.82) is 0 Å². The van der Waals surface area contributed by atoms with Crippen LogP contribution in [0.25, 0.3) is 0 Å². The molecule has 120 valence electrons. The lowest BCUT2D eigenvalue weighted by Gasteiger charge is -2.31. The SMILES string of the molecule is CN1C(=O)C(C=NNc2ccc([N+](=O)[O-])cc2)C(=O)N(C)C1=O. The molecule has 1 aromatic carbocycles. The molecule has 0 unspecified atom stereocenters. The number of nitro benzene ring substituents is 1. The molecule has 10 nitrogen and oxygen atoms in total. The molecule has 23 heavy (non-hydrogen) atoms. The third-order valence-electron chi connectivity index (χ3n) is 3.26. The Morgan fingerprint density at radius 3 is 2.13 bits per heavy atom. The summed E-state index contributed by atoms with van der Waals surface area (Å²) in [6.07, 6.45) is 1.09. The zero-order valence-corrected chi connectivity index (χ0v) is 12.3. The van der Waals surface area contributed by atoms with E-state index in [-0.39, 0.29) is 5.69 Å². The Hall–Kier alpha value is -3.30. The third kappa shape index (κ3) is 3.15. The lowest BCUT2D eigenvalue weighted by Crippen LogP contribution is -2.57. The minimum Gasteiger partial charge on any atom is -0.279 e. The highest BCUT2D eigenvalue weighted by Gasteiger charge is 2.41. The summed E-state index contributed by atoms with van der Waals surface area (Å²) in [5, 5.41) is 14.3. The molecule has 0 radical (unpaired) electrons. The molecule has 4 amide bonds. The second-order valence-electron chi connectivity index (χ2n) is 4.75. The number of non-ortho nitro benzene ring substituents is 1. The zero-order valence-electron chi connectivity index (χ0n) is 12.3. The number of carbonyl (C=O) groups excluding carboxylic acids is 3. The molecular weight excluding hydrogens is 306 g/mol. The van der Waals surface area contributed by atoms with Crippen LogP contribution < -0.4 is 5.43 Å². The third-order valence-corrected chi connectivity index (χ3v) is 3.26. The van der Waals surface area contributed by atoms with Gasteiger partial charge in [-0.1, -0.05) is 0 Å². The second-order valence-corrected chi connectivity index (χ2v) is 4.75. The van der Waals surface area contributed by atoms with Gasteiger partial charge in [0.1, 0.15) is 0 Å². The van der Waals surface area contributed by atoms with Crippen molar-refractivity contribution in [2.24, 2.45) is 11.0 Å². The van der Waals surface area contributed by atoms with E-state index in [2.05, 4.69) is 10.5 Å². The number of urea groups is 1. The van der Waals surface area contributed by atoms with Gasteiger partial charge in [0, 0.05) is 32.4 Å². The van der Waals surface area contributed by atoms with E-state index in [0.29, 0.717) is 5.69 Å². The summed E-state index contributed by atoms with van der Waals surface area (Å²) in [5.41, 5.74) is 2.93. The number of hydrazone groups is 1. The molecule has 0 aromatic heterocycles. The molecule has 0 spiro atoms. The highest BCUT2D eigenvalue weighted by atomic mass is 16.6. The van der Waals surface area contributed by atoms with Gasteiger partial charge in [0.25, 0.3) is 5.69 Å². The van der Waals surface area contributed by atoms with Crippen molar-refractivity contribution < 1.29 is 19.3 Å². The van der Waals surface area contributed by atoms with Crippen molar-refractivity contribution in [3.05, 3.63) is 34.4 Å². The number of nitrogens with one attached hydrogen (secondary N) is 1. The van der Waals surface area contributed by atoms with Gasteiger partial charge in [0.15, 0.2) is 5.92 Å². The maximum atomic E-state index is 11.9. The Labute approximate surface area is 130 Å². The van der Waals surface area contributed by atoms with Gasteiger partial charge in [0.2, 0.25) is 11.8 Å². The van der Waals surface area contributed by atoms with Crippen molar-refractivity contribution in [3.8, 4) is 0 Å². The zero-order chi connectivity index (χ0) is 17.1. The van der Waals surface area contributed by atoms with Gasteiger partial charge in [-0.2, -0.15) is 5.10 Å². The number of imide groups is 2. The second kappa shape index (κ2) is 6.22. The maximum absolute atomic E-state index is 11.9. The summed E-state index contributed by atoms with van der Waals surface area (Å²) in [4.78, 5) is 47.1. The van der Waals surface area contributed by atoms with Crippen LogP contribution in [0.2, 0.25) is 0 Å². The molecule has 0 bridgehead atoms. The Morgan fingerprint density at radius 1 is 1.13 bits per heavy atom. The molecule has 1 aliphatic rings. The molecule has 0 atom stereocenters. The standard InChI is InChI=1S/C13H13N5O5/c1-16-11(19)10(12(20)17(2)13(16)21)7-14-15-8-3-5-9(6-4-8)18(22)23/h3-7,10,15H,1-2H3. The van der Waals surface area contributed by atoms with Crippen molar-refractivity contribution in [2.45, 2.75) is 0 Å². The highest BCUT2D eigenvalue weighted by molar-refractivity contribution is 6.23. The Kier molecular flexibility index (Phi) is 4.35. The van der Waals surface area contributed by atoms with E-state index in [1.807, 2.05) is 0 Å². The lowest BCUT2D eigenvalue weighted by molar-refractivity contribution is -0.384. The molecule has 0 saturated carbocycles. The number of hydrogen-bond acceptors (Lipinski definition) is 7. The number of amides is 4. The number of rotatable bonds is 4. The smallest absolute Gasteiger partial charge is 0.279 e. The van der Waals surface area contributed by atoms with Crippen LogP contribution >= 0.6 is 0 Å². The molecule has 1 N–H and O–H groups in total. The summed E-state index contributed by atoms with van der Waals surface area (Å²) >= 11 is 0. The van der Waals surface area contributed by atoms with Gasteiger partial charge in [-0.05, 0) is 12.1 Å². The first-order valence-corrected chi connectivity index (χ1v) is 6.45. The van der Waals surface area contributed by atoms with E-state index < -0.39 is 28.7 Å². The summed E-state index contributed by atoms with van der Waals surface area (Å²) in [7, 11) is 2.55. The van der Waals surface area contributed by atoms with Gasteiger partial charge in [-0.3, -0.25) is 34.9 Å². The molecule has 10 heteroatoms. The Balaban J connectivity index is 2.07. The average Bonchev–Trinajstić information content (AvgIpc) is 2.54. The van der Waals surface area contributed by atoms with E-state index in [0.717, 1.165) is 16.0 Å². The minimum absolute atomic E-state index is 0.0704. The van der Waals surface area contributed by atoms with Crippen LogP contribution in [0.3, 0.4) is 0 Å². The topological polar surface area (TPSA) is 125 Å². The normalized spacial score (nSPS) is 16.3. The van der Waals surface area contributed by atoms with Crippen LogP contribution in [0.1, 0.15) is 0 Å². The largest absolute Gasteiger partial charge is 0.332 e. The summed E-state index contributed by atoms with van der Waals surface area (Å²) in [5.74, 6) is -2.55. The number of nitro groups is 1. The molecule has 1 saturated heterocycles. The fourth-order valence-electron chi connectivity index (χ4n) is 1.91. The number of carbonyl (C=O) groups is 3. The molecule has 1 aromatic rings. The molecular formula is C13H13N5O5. The maximum Gasteiger partial charge on any atom is 0.332 e. The van der Waals surface area contributed by atoms with Crippen molar-refractivity contribution in [2.75, 3.05) is 19.5 Å². The first-order valence-electron chi connectivity index (χ1n) is 6.45. The fourth-order valence-corrected chi connectivity index (χ4v) is 1.91. The predicted octanol–water partition coefficient (Wildman–Crippen LogP) is 0.659. The van der Waals surface area contributed by atoms with E-state index in [4.69, 9.17) is 0 Å². The van der Waals surface area contributed by atoms with Gasteiger partial charge in [0.05, 0.1) is 10.6 Å². The minimum atomic E-state index is -1.20. The van der Waals surface area contributed by atoms with Gasteiger partial charge in [-0.25, -0.2) is 4.79 Å². The highest BCUT2D eigenvalue weighted by Crippen LogP contribution is 2.16. The quantitative estimate of drug-likeness (QED) is 0.376. The summed E-state index contributed by atoms with van der Waals surface area (Å²) in [6, 6.07) is 4.74. The monoisotopic (exact) mass is 319 g/mol. The molecule has 1 fully saturated rings. The Morgan fingerprint density at radius 2 is 1.65 bits per heavy atom. The number of hydrogen-bond donors (Lipinski definition) is 1. The van der Waals surface area contributed by atoms with Crippen molar-refractivity contribution in [3.63, 3.8) is 0 Å². The van der Waals surface area contributed by atoms with Gasteiger partial charge < -0.3 is 0 Å². The fraction of sp³-hybridized carbons (Fsp3) is 0.231. The van der Waals surface area contributed by atoms with E-state index in [1.54, 1.807) is 0 Å². The Bertz CT molecular complexity index is 675. The summed E-state index contributed by atoms with van der Waals surface area (Å²) < 4.78 is 0. The van der Waals surface area contributed by atoms with Crippen LogP contribution in [0.4, 0.5) is 16.2 Å². The van der Waals surface area contributed by atoms with E-state index in [1.165, 1.54) is 38.4 Å². The van der Waals surface area contributed by atoms with Crippen LogP contribution in [0, 0.1) is 16.0 Å². The van der Waals surface area contributed by atoms with Crippen molar-refractivity contribution >= 4 is 35.4 Å². The number of benzene rings is 1. The van der Waals surface area contributed by atoms with Crippen LogP contribution in [-0.2, 0) is 9.59 Å². The predicted molar refractivity (Wildman–Crippen MR) is 79.6 cm³/mol. The molecule has 1 heterocycles. The molecule has 2 rings (SSSR count). The number of barbiturate groups is 1. The van der Waals surface area contributed by atoms with E-state index >= 15 is 0 Å². The van der Waals surface area contributed by atoms with Gasteiger partial charge >= 0.3 is 6.03 Å². The first-order chi connectivity index (χ1) is 10.8. The lowest BCUT2D eigenvalue weighted by atomic mass is 10.1. The molecule has 1 aliphatic heterocycles. The number of anilines is 1. The van der Waals surface area contributed by atoms with Crippen molar-refractivity contribution in [1.82, 2.24) is 9.80 Å². The molecule has 0 aliphatic carbocycles. The van der Waals surface area contributed by atoms with Gasteiger partial charge in [-0.15, -0.1) is 0 Å². The average molecular weight is 319 g/mol.